The molecule has 1 aromatic carbocycles. The first-order valence-electron chi connectivity index (χ1n) is 7.51. The van der Waals surface area contributed by atoms with E-state index in [0.29, 0.717) is 6.61 Å². The second kappa shape index (κ2) is 5.09. The molecule has 2 fully saturated rings. The summed E-state index contributed by atoms with van der Waals surface area (Å²) in [5, 5.41) is 12.8. The lowest BCUT2D eigenvalue weighted by atomic mass is 10.0. The fourth-order valence-electron chi connectivity index (χ4n) is 3.65. The van der Waals surface area contributed by atoms with Crippen LogP contribution in [0.4, 0.5) is 0 Å². The van der Waals surface area contributed by atoms with Gasteiger partial charge in [0, 0.05) is 5.92 Å². The zero-order chi connectivity index (χ0) is 14.4. The molecular formula is C16H19NO4. The Morgan fingerprint density at radius 1 is 1.10 bits per heavy atom. The lowest BCUT2D eigenvalue weighted by Gasteiger charge is -2.19. The molecule has 5 heteroatoms. The Morgan fingerprint density at radius 3 is 2.48 bits per heavy atom. The van der Waals surface area contributed by atoms with E-state index in [4.69, 9.17) is 9.47 Å². The number of ether oxygens (including phenoxy) is 2. The zero-order valence-electron chi connectivity index (χ0n) is 11.7. The van der Waals surface area contributed by atoms with Crippen molar-refractivity contribution in [3.05, 3.63) is 35.4 Å². The summed E-state index contributed by atoms with van der Waals surface area (Å²) in [6.07, 6.45) is 0.511. The minimum absolute atomic E-state index is 0.00669. The first-order chi connectivity index (χ1) is 10.2. The van der Waals surface area contributed by atoms with Gasteiger partial charge in [0.15, 0.2) is 0 Å². The van der Waals surface area contributed by atoms with Gasteiger partial charge in [0.05, 0.1) is 19.3 Å². The van der Waals surface area contributed by atoms with Gasteiger partial charge in [0.2, 0.25) is 5.91 Å². The number of fused-ring (bicyclic) bond motifs is 2. The average Bonchev–Trinajstić information content (AvgIpc) is 3.16. The number of amides is 1. The summed E-state index contributed by atoms with van der Waals surface area (Å²) in [5.74, 6) is 0.0539. The molecule has 1 amide bonds. The molecule has 2 heterocycles. The van der Waals surface area contributed by atoms with E-state index in [9.17, 15) is 9.90 Å². The van der Waals surface area contributed by atoms with Crippen molar-refractivity contribution in [2.75, 3.05) is 13.2 Å². The number of carbonyl (C=O) groups is 1. The van der Waals surface area contributed by atoms with Crippen LogP contribution in [0.25, 0.3) is 0 Å². The lowest BCUT2D eigenvalue weighted by molar-refractivity contribution is -0.126. The molecule has 0 spiro atoms. The van der Waals surface area contributed by atoms with Crippen LogP contribution >= 0.6 is 0 Å². The minimum Gasteiger partial charge on any atom is -0.388 e. The van der Waals surface area contributed by atoms with Crippen LogP contribution in [0, 0.1) is 5.92 Å². The second-order valence-corrected chi connectivity index (χ2v) is 6.15. The van der Waals surface area contributed by atoms with Crippen molar-refractivity contribution < 1.29 is 19.4 Å². The van der Waals surface area contributed by atoms with E-state index < -0.39 is 6.10 Å². The topological polar surface area (TPSA) is 67.8 Å². The molecule has 21 heavy (non-hydrogen) atoms. The molecule has 2 N–H and O–H groups in total. The molecule has 2 aliphatic heterocycles. The van der Waals surface area contributed by atoms with Gasteiger partial charge in [-0.05, 0) is 24.0 Å². The maximum Gasteiger partial charge on any atom is 0.224 e. The summed E-state index contributed by atoms with van der Waals surface area (Å²) in [6.45, 7) is 0.703. The molecular weight excluding hydrogens is 270 g/mol. The Bertz CT molecular complexity index is 536. The quantitative estimate of drug-likeness (QED) is 0.807. The fraction of sp³-hybridized carbons (Fsp3) is 0.562. The van der Waals surface area contributed by atoms with Gasteiger partial charge < -0.3 is 19.9 Å². The molecule has 1 aromatic rings. The smallest absolute Gasteiger partial charge is 0.224 e. The van der Waals surface area contributed by atoms with E-state index in [1.54, 1.807) is 0 Å². The molecule has 4 atom stereocenters. The number of rotatable bonds is 2. The molecule has 0 bridgehead atoms. The standard InChI is InChI=1S/C16H19NO4/c18-13-8-21-14-12(7-20-15(13)14)17-16(19)11-5-9-3-1-2-4-10(9)6-11/h1-4,11-15,18H,5-8H2,(H,17,19)/t12-,13-,14+,15+/m0/s1. The van der Waals surface area contributed by atoms with Gasteiger partial charge in [-0.3, -0.25) is 4.79 Å². The van der Waals surface area contributed by atoms with Crippen LogP contribution in [0.5, 0.6) is 0 Å². The molecule has 2 saturated heterocycles. The van der Waals surface area contributed by atoms with Gasteiger partial charge in [0.25, 0.3) is 0 Å². The normalized spacial score (nSPS) is 34.7. The third-order valence-electron chi connectivity index (χ3n) is 4.78. The Kier molecular flexibility index (Phi) is 3.21. The van der Waals surface area contributed by atoms with Crippen LogP contribution in [0.15, 0.2) is 24.3 Å². The molecule has 4 rings (SSSR count). The van der Waals surface area contributed by atoms with Crippen LogP contribution in [-0.2, 0) is 27.1 Å². The predicted octanol–water partition coefficient (Wildman–Crippen LogP) is 0.0447. The number of hydrogen-bond acceptors (Lipinski definition) is 4. The number of aliphatic hydroxyl groups excluding tert-OH is 1. The minimum atomic E-state index is -0.576. The van der Waals surface area contributed by atoms with Crippen molar-refractivity contribution in [3.8, 4) is 0 Å². The van der Waals surface area contributed by atoms with E-state index in [1.165, 1.54) is 11.1 Å². The second-order valence-electron chi connectivity index (χ2n) is 6.15. The predicted molar refractivity (Wildman–Crippen MR) is 74.8 cm³/mol. The number of benzene rings is 1. The van der Waals surface area contributed by atoms with E-state index in [0.717, 1.165) is 12.8 Å². The summed E-state index contributed by atoms with van der Waals surface area (Å²) >= 11 is 0. The molecule has 5 nitrogen and oxygen atoms in total. The molecule has 112 valence electrons. The largest absolute Gasteiger partial charge is 0.388 e. The van der Waals surface area contributed by atoms with Crippen LogP contribution in [-0.4, -0.2) is 48.6 Å². The number of hydrogen-bond donors (Lipinski definition) is 2. The summed E-state index contributed by atoms with van der Waals surface area (Å²) in [6, 6.07) is 8.06. The highest BCUT2D eigenvalue weighted by Gasteiger charge is 2.48. The van der Waals surface area contributed by atoms with E-state index in [2.05, 4.69) is 17.4 Å². The molecule has 3 aliphatic rings. The van der Waals surface area contributed by atoms with Gasteiger partial charge in [-0.2, -0.15) is 0 Å². The lowest BCUT2D eigenvalue weighted by Crippen LogP contribution is -2.46. The Balaban J connectivity index is 1.39. The van der Waals surface area contributed by atoms with Crippen molar-refractivity contribution in [3.63, 3.8) is 0 Å². The van der Waals surface area contributed by atoms with Gasteiger partial charge in [-0.15, -0.1) is 0 Å². The molecule has 0 unspecified atom stereocenters. The van der Waals surface area contributed by atoms with Crippen LogP contribution in [0.1, 0.15) is 11.1 Å². The van der Waals surface area contributed by atoms with Crippen LogP contribution in [0.2, 0.25) is 0 Å². The summed E-state index contributed by atoms with van der Waals surface area (Å²) in [4.78, 5) is 12.5. The first kappa shape index (κ1) is 13.2. The highest BCUT2D eigenvalue weighted by molar-refractivity contribution is 5.80. The van der Waals surface area contributed by atoms with Gasteiger partial charge in [0.1, 0.15) is 18.3 Å². The molecule has 1 aliphatic carbocycles. The van der Waals surface area contributed by atoms with Crippen molar-refractivity contribution in [2.45, 2.75) is 37.2 Å². The highest BCUT2D eigenvalue weighted by Crippen LogP contribution is 2.29. The summed E-state index contributed by atoms with van der Waals surface area (Å²) in [5.41, 5.74) is 2.54. The number of aliphatic hydroxyl groups is 1. The van der Waals surface area contributed by atoms with Gasteiger partial charge in [-0.25, -0.2) is 0 Å². The monoisotopic (exact) mass is 289 g/mol. The molecule has 0 radical (unpaired) electrons. The van der Waals surface area contributed by atoms with E-state index >= 15 is 0 Å². The van der Waals surface area contributed by atoms with Crippen LogP contribution < -0.4 is 5.32 Å². The third-order valence-corrected chi connectivity index (χ3v) is 4.78. The van der Waals surface area contributed by atoms with Crippen LogP contribution in [0.3, 0.4) is 0 Å². The highest BCUT2D eigenvalue weighted by atomic mass is 16.6. The Labute approximate surface area is 123 Å². The number of carbonyl (C=O) groups excluding carboxylic acids is 1. The van der Waals surface area contributed by atoms with Crippen molar-refractivity contribution in [2.24, 2.45) is 5.92 Å². The maximum absolute atomic E-state index is 12.5. The fourth-order valence-corrected chi connectivity index (χ4v) is 3.65. The average molecular weight is 289 g/mol. The Morgan fingerprint density at radius 2 is 1.76 bits per heavy atom. The third kappa shape index (κ3) is 2.25. The van der Waals surface area contributed by atoms with Crippen molar-refractivity contribution in [1.82, 2.24) is 5.32 Å². The van der Waals surface area contributed by atoms with Crippen molar-refractivity contribution in [1.29, 1.82) is 0 Å². The van der Waals surface area contributed by atoms with Gasteiger partial charge in [-0.1, -0.05) is 24.3 Å². The Hall–Kier alpha value is -1.43. The number of nitrogens with one attached hydrogen (secondary N) is 1. The zero-order valence-corrected chi connectivity index (χ0v) is 11.7. The molecule has 0 aromatic heterocycles. The summed E-state index contributed by atoms with van der Waals surface area (Å²) < 4.78 is 11.1. The SMILES string of the molecule is O=C(N[C@H]1CO[C@H]2[C@@H]1OC[C@@H]2O)C1Cc2ccccc2C1. The van der Waals surface area contributed by atoms with E-state index in [1.807, 2.05) is 12.1 Å². The van der Waals surface area contributed by atoms with Gasteiger partial charge >= 0.3 is 0 Å². The molecule has 0 saturated carbocycles. The van der Waals surface area contributed by atoms with E-state index in [-0.39, 0.29) is 36.7 Å². The maximum atomic E-state index is 12.5. The van der Waals surface area contributed by atoms with Crippen molar-refractivity contribution >= 4 is 5.91 Å². The summed E-state index contributed by atoms with van der Waals surface area (Å²) in [7, 11) is 0. The first-order valence-corrected chi connectivity index (χ1v) is 7.51.